The van der Waals surface area contributed by atoms with Crippen LogP contribution in [-0.2, 0) is 4.74 Å². The zero-order chi connectivity index (χ0) is 16.1. The fourth-order valence-corrected chi connectivity index (χ4v) is 3.00. The molecule has 2 aliphatic heterocycles. The highest BCUT2D eigenvalue weighted by Crippen LogP contribution is 2.19. The van der Waals surface area contributed by atoms with Crippen molar-refractivity contribution in [2.45, 2.75) is 12.8 Å². The van der Waals surface area contributed by atoms with Crippen LogP contribution in [0.25, 0.3) is 0 Å². The van der Waals surface area contributed by atoms with Gasteiger partial charge in [-0.2, -0.15) is 0 Å². The normalized spacial score (nSPS) is 19.1. The molecule has 126 valence electrons. The van der Waals surface area contributed by atoms with Gasteiger partial charge < -0.3 is 15.0 Å². The van der Waals surface area contributed by atoms with E-state index in [4.69, 9.17) is 16.3 Å². The molecule has 23 heavy (non-hydrogen) atoms. The number of anilines is 1. The molecule has 3 heterocycles. The van der Waals surface area contributed by atoms with Crippen LogP contribution in [0.15, 0.2) is 6.20 Å². The molecule has 0 bridgehead atoms. The first-order valence-electron chi connectivity index (χ1n) is 8.10. The fraction of sp³-hybridized carbons (Fsp3) is 0.667. The number of hydrogen-bond donors (Lipinski definition) is 1. The van der Waals surface area contributed by atoms with Gasteiger partial charge in [-0.25, -0.2) is 9.97 Å². The first kappa shape index (κ1) is 16.4. The van der Waals surface area contributed by atoms with Crippen LogP contribution in [0.1, 0.15) is 23.3 Å². The summed E-state index contributed by atoms with van der Waals surface area (Å²) in [6, 6.07) is 0. The molecule has 0 aromatic carbocycles. The van der Waals surface area contributed by atoms with Gasteiger partial charge >= 0.3 is 0 Å². The standard InChI is InChI=1S/C15H22ClN5O2/c16-12-11-18-15(21-4-1-2-5-21)19-13(12)14(22)17-3-6-20-7-9-23-10-8-20/h11H,1-10H2,(H,17,22). The fourth-order valence-electron chi connectivity index (χ4n) is 2.82. The monoisotopic (exact) mass is 339 g/mol. The average molecular weight is 340 g/mol. The molecule has 0 spiro atoms. The molecule has 7 nitrogen and oxygen atoms in total. The number of hydrogen-bond acceptors (Lipinski definition) is 6. The molecular weight excluding hydrogens is 318 g/mol. The third kappa shape index (κ3) is 4.31. The number of amides is 1. The molecule has 1 aromatic rings. The van der Waals surface area contributed by atoms with Crippen LogP contribution in [-0.4, -0.2) is 73.3 Å². The Balaban J connectivity index is 1.56. The van der Waals surface area contributed by atoms with E-state index >= 15 is 0 Å². The summed E-state index contributed by atoms with van der Waals surface area (Å²) >= 11 is 6.09. The molecule has 3 rings (SSSR count). The Kier molecular flexibility index (Phi) is 5.64. The smallest absolute Gasteiger partial charge is 0.271 e. The average Bonchev–Trinajstić information content (AvgIpc) is 3.10. The molecule has 0 atom stereocenters. The highest BCUT2D eigenvalue weighted by atomic mass is 35.5. The Hall–Kier alpha value is -1.44. The molecule has 1 amide bonds. The van der Waals surface area contributed by atoms with Crippen molar-refractivity contribution in [3.8, 4) is 0 Å². The maximum atomic E-state index is 12.3. The number of morpholine rings is 1. The highest BCUT2D eigenvalue weighted by Gasteiger charge is 2.19. The lowest BCUT2D eigenvalue weighted by atomic mass is 10.3. The van der Waals surface area contributed by atoms with Gasteiger partial charge in [0.2, 0.25) is 5.95 Å². The predicted molar refractivity (Wildman–Crippen MR) is 88.1 cm³/mol. The number of halogens is 1. The van der Waals surface area contributed by atoms with Gasteiger partial charge in [0.1, 0.15) is 0 Å². The first-order chi connectivity index (χ1) is 11.2. The zero-order valence-corrected chi connectivity index (χ0v) is 13.9. The minimum absolute atomic E-state index is 0.244. The summed E-state index contributed by atoms with van der Waals surface area (Å²) in [5, 5.41) is 3.18. The van der Waals surface area contributed by atoms with Crippen LogP contribution in [0.2, 0.25) is 5.02 Å². The van der Waals surface area contributed by atoms with Crippen molar-refractivity contribution < 1.29 is 9.53 Å². The lowest BCUT2D eigenvalue weighted by Crippen LogP contribution is -2.41. The Labute approximate surface area is 141 Å². The summed E-state index contributed by atoms with van der Waals surface area (Å²) in [4.78, 5) is 25.3. The summed E-state index contributed by atoms with van der Waals surface area (Å²) in [6.07, 6.45) is 3.78. The van der Waals surface area contributed by atoms with E-state index in [0.29, 0.717) is 12.5 Å². The molecule has 0 aliphatic carbocycles. The van der Waals surface area contributed by atoms with Gasteiger partial charge in [0.05, 0.1) is 24.4 Å². The zero-order valence-electron chi connectivity index (χ0n) is 13.1. The number of nitrogens with one attached hydrogen (secondary N) is 1. The van der Waals surface area contributed by atoms with Crippen LogP contribution in [0.5, 0.6) is 0 Å². The summed E-state index contributed by atoms with van der Waals surface area (Å²) in [7, 11) is 0. The summed E-state index contributed by atoms with van der Waals surface area (Å²) in [5.41, 5.74) is 0.255. The van der Waals surface area contributed by atoms with Crippen molar-refractivity contribution in [3.63, 3.8) is 0 Å². The number of aromatic nitrogens is 2. The van der Waals surface area contributed by atoms with Crippen molar-refractivity contribution >= 4 is 23.5 Å². The maximum Gasteiger partial charge on any atom is 0.271 e. The summed E-state index contributed by atoms with van der Waals surface area (Å²) in [6.45, 7) is 6.55. The lowest BCUT2D eigenvalue weighted by molar-refractivity contribution is 0.0383. The topological polar surface area (TPSA) is 70.6 Å². The third-order valence-corrected chi connectivity index (χ3v) is 4.43. The van der Waals surface area contributed by atoms with Gasteiger partial charge in [-0.1, -0.05) is 11.6 Å². The Morgan fingerprint density at radius 1 is 1.26 bits per heavy atom. The minimum atomic E-state index is -0.244. The third-order valence-electron chi connectivity index (χ3n) is 4.15. The van der Waals surface area contributed by atoms with E-state index in [0.717, 1.165) is 58.8 Å². The summed E-state index contributed by atoms with van der Waals surface area (Å²) in [5.74, 6) is 0.344. The molecule has 2 fully saturated rings. The van der Waals surface area contributed by atoms with Crippen LogP contribution in [0.4, 0.5) is 5.95 Å². The van der Waals surface area contributed by atoms with Crippen molar-refractivity contribution in [1.82, 2.24) is 20.2 Å². The molecule has 1 N–H and O–H groups in total. The van der Waals surface area contributed by atoms with Gasteiger partial charge in [0, 0.05) is 39.3 Å². The Bertz CT molecular complexity index is 545. The van der Waals surface area contributed by atoms with Crippen molar-refractivity contribution in [2.75, 3.05) is 57.4 Å². The van der Waals surface area contributed by atoms with E-state index in [1.165, 1.54) is 6.20 Å². The molecule has 0 radical (unpaired) electrons. The molecule has 0 unspecified atom stereocenters. The number of rotatable bonds is 5. The molecule has 1 aromatic heterocycles. The van der Waals surface area contributed by atoms with E-state index in [1.54, 1.807) is 0 Å². The molecule has 2 saturated heterocycles. The van der Waals surface area contributed by atoms with Gasteiger partial charge in [0.15, 0.2) is 5.69 Å². The lowest BCUT2D eigenvalue weighted by Gasteiger charge is -2.26. The molecule has 0 saturated carbocycles. The van der Waals surface area contributed by atoms with Crippen LogP contribution < -0.4 is 10.2 Å². The van der Waals surface area contributed by atoms with Gasteiger partial charge in [-0.3, -0.25) is 9.69 Å². The first-order valence-corrected chi connectivity index (χ1v) is 8.47. The Morgan fingerprint density at radius 2 is 2.00 bits per heavy atom. The minimum Gasteiger partial charge on any atom is -0.379 e. The maximum absolute atomic E-state index is 12.3. The van der Waals surface area contributed by atoms with Gasteiger partial charge in [-0.15, -0.1) is 0 Å². The molecule has 8 heteroatoms. The van der Waals surface area contributed by atoms with Crippen LogP contribution in [0, 0.1) is 0 Å². The second kappa shape index (κ2) is 7.90. The summed E-state index contributed by atoms with van der Waals surface area (Å²) < 4.78 is 5.31. The quantitative estimate of drug-likeness (QED) is 0.855. The van der Waals surface area contributed by atoms with Crippen molar-refractivity contribution in [2.24, 2.45) is 0 Å². The molecular formula is C15H22ClN5O2. The Morgan fingerprint density at radius 3 is 2.74 bits per heavy atom. The van der Waals surface area contributed by atoms with E-state index in [2.05, 4.69) is 25.1 Å². The number of ether oxygens (including phenoxy) is 1. The van der Waals surface area contributed by atoms with Gasteiger partial charge in [0.25, 0.3) is 5.91 Å². The van der Waals surface area contributed by atoms with Crippen molar-refractivity contribution in [3.05, 3.63) is 16.9 Å². The van der Waals surface area contributed by atoms with E-state index in [9.17, 15) is 4.79 Å². The van der Waals surface area contributed by atoms with Crippen LogP contribution in [0.3, 0.4) is 0 Å². The number of carbonyl (C=O) groups excluding carboxylic acids is 1. The number of carbonyl (C=O) groups is 1. The SMILES string of the molecule is O=C(NCCN1CCOCC1)c1nc(N2CCCC2)ncc1Cl. The van der Waals surface area contributed by atoms with Crippen LogP contribution >= 0.6 is 11.6 Å². The van der Waals surface area contributed by atoms with E-state index in [-0.39, 0.29) is 16.6 Å². The van der Waals surface area contributed by atoms with Crippen molar-refractivity contribution in [1.29, 1.82) is 0 Å². The van der Waals surface area contributed by atoms with E-state index in [1.807, 2.05) is 0 Å². The predicted octanol–water partition coefficient (Wildman–Crippen LogP) is 0.792. The molecule has 2 aliphatic rings. The number of nitrogens with zero attached hydrogens (tertiary/aromatic N) is 4. The largest absolute Gasteiger partial charge is 0.379 e. The highest BCUT2D eigenvalue weighted by molar-refractivity contribution is 6.33. The second-order valence-corrected chi connectivity index (χ2v) is 6.18. The van der Waals surface area contributed by atoms with Gasteiger partial charge in [-0.05, 0) is 12.8 Å². The van der Waals surface area contributed by atoms with E-state index < -0.39 is 0 Å². The second-order valence-electron chi connectivity index (χ2n) is 5.77.